The van der Waals surface area contributed by atoms with Gasteiger partial charge in [0.1, 0.15) is 5.76 Å². The molecule has 1 aromatic carbocycles. The molecular weight excluding hydrogens is 285 g/mol. The zero-order valence-corrected chi connectivity index (χ0v) is 10.8. The molecular formula is C14H9F3N2O2. The number of carbonyl (C=O) groups excluding carboxylic acids is 1. The second-order valence-electron chi connectivity index (χ2n) is 4.21. The van der Waals surface area contributed by atoms with E-state index in [2.05, 4.69) is 5.32 Å². The Morgan fingerprint density at radius 1 is 1.33 bits per heavy atom. The molecule has 1 heterocycles. The van der Waals surface area contributed by atoms with Crippen LogP contribution in [0.2, 0.25) is 0 Å². The number of nitriles is 1. The SMILES string of the molecule is Cc1occc1C(=O)Nc1ccc(C#N)c(C(F)(F)F)c1. The van der Waals surface area contributed by atoms with Gasteiger partial charge in [-0.25, -0.2) is 0 Å². The molecule has 21 heavy (non-hydrogen) atoms. The first kappa shape index (κ1) is 14.7. The fraction of sp³-hybridized carbons (Fsp3) is 0.143. The molecule has 0 aliphatic rings. The van der Waals surface area contributed by atoms with Gasteiger partial charge in [0.15, 0.2) is 0 Å². The lowest BCUT2D eigenvalue weighted by Gasteiger charge is -2.11. The van der Waals surface area contributed by atoms with Crippen molar-refractivity contribution < 1.29 is 22.4 Å². The molecule has 0 fully saturated rings. The molecule has 1 N–H and O–H groups in total. The predicted molar refractivity (Wildman–Crippen MR) is 67.6 cm³/mol. The summed E-state index contributed by atoms with van der Waals surface area (Å²) in [7, 11) is 0. The molecule has 2 rings (SSSR count). The molecule has 0 aliphatic carbocycles. The number of benzene rings is 1. The monoisotopic (exact) mass is 294 g/mol. The quantitative estimate of drug-likeness (QED) is 0.917. The molecule has 0 aliphatic heterocycles. The number of hydrogen-bond donors (Lipinski definition) is 1. The molecule has 7 heteroatoms. The predicted octanol–water partition coefficient (Wildman–Crippen LogP) is 3.73. The minimum absolute atomic E-state index is 0.0491. The van der Waals surface area contributed by atoms with Gasteiger partial charge in [-0.15, -0.1) is 0 Å². The van der Waals surface area contributed by atoms with Crippen LogP contribution in [0, 0.1) is 18.3 Å². The van der Waals surface area contributed by atoms with E-state index in [0.29, 0.717) is 5.76 Å². The third-order valence-corrected chi connectivity index (χ3v) is 2.81. The number of alkyl halides is 3. The molecule has 0 spiro atoms. The van der Waals surface area contributed by atoms with Crippen LogP contribution in [0.5, 0.6) is 0 Å². The summed E-state index contributed by atoms with van der Waals surface area (Å²) in [5.41, 5.74) is -1.41. The number of rotatable bonds is 2. The smallest absolute Gasteiger partial charge is 0.417 e. The van der Waals surface area contributed by atoms with Crippen molar-refractivity contribution in [2.24, 2.45) is 0 Å². The fourth-order valence-electron chi connectivity index (χ4n) is 1.77. The first-order valence-electron chi connectivity index (χ1n) is 5.79. The van der Waals surface area contributed by atoms with Crippen molar-refractivity contribution in [2.45, 2.75) is 13.1 Å². The van der Waals surface area contributed by atoms with Crippen LogP contribution < -0.4 is 5.32 Å². The van der Waals surface area contributed by atoms with Crippen molar-refractivity contribution >= 4 is 11.6 Å². The number of nitrogens with zero attached hydrogens (tertiary/aromatic N) is 1. The highest BCUT2D eigenvalue weighted by atomic mass is 19.4. The topological polar surface area (TPSA) is 66.0 Å². The first-order valence-corrected chi connectivity index (χ1v) is 5.79. The second kappa shape index (κ2) is 5.32. The Labute approximate surface area is 117 Å². The third kappa shape index (κ3) is 3.05. The molecule has 1 amide bonds. The van der Waals surface area contributed by atoms with Crippen molar-refractivity contribution in [1.29, 1.82) is 5.26 Å². The van der Waals surface area contributed by atoms with Gasteiger partial charge < -0.3 is 9.73 Å². The third-order valence-electron chi connectivity index (χ3n) is 2.81. The summed E-state index contributed by atoms with van der Waals surface area (Å²) in [6.07, 6.45) is -3.36. The summed E-state index contributed by atoms with van der Waals surface area (Å²) in [6, 6.07) is 5.87. The summed E-state index contributed by atoms with van der Waals surface area (Å²) in [6.45, 7) is 1.56. The van der Waals surface area contributed by atoms with E-state index in [1.807, 2.05) is 0 Å². The zero-order valence-electron chi connectivity index (χ0n) is 10.8. The maximum Gasteiger partial charge on any atom is 0.417 e. The van der Waals surface area contributed by atoms with E-state index in [1.54, 1.807) is 6.92 Å². The molecule has 0 saturated carbocycles. The lowest BCUT2D eigenvalue weighted by Crippen LogP contribution is -2.14. The molecule has 0 unspecified atom stereocenters. The Hall–Kier alpha value is -2.75. The minimum atomic E-state index is -4.67. The molecule has 0 radical (unpaired) electrons. The van der Waals surface area contributed by atoms with Crippen LogP contribution in [0.25, 0.3) is 0 Å². The Bertz CT molecular complexity index is 727. The van der Waals surface area contributed by atoms with Gasteiger partial charge in [0.2, 0.25) is 0 Å². The van der Waals surface area contributed by atoms with E-state index >= 15 is 0 Å². The molecule has 4 nitrogen and oxygen atoms in total. The number of amides is 1. The van der Waals surface area contributed by atoms with Gasteiger partial charge in [-0.2, -0.15) is 18.4 Å². The summed E-state index contributed by atoms with van der Waals surface area (Å²) in [4.78, 5) is 11.9. The van der Waals surface area contributed by atoms with Crippen molar-refractivity contribution in [3.63, 3.8) is 0 Å². The van der Waals surface area contributed by atoms with Crippen LogP contribution >= 0.6 is 0 Å². The van der Waals surface area contributed by atoms with E-state index in [4.69, 9.17) is 9.68 Å². The van der Waals surface area contributed by atoms with Gasteiger partial charge in [-0.3, -0.25) is 4.79 Å². The second-order valence-corrected chi connectivity index (χ2v) is 4.21. The summed E-state index contributed by atoms with van der Waals surface area (Å²) in [5, 5.41) is 11.0. The number of carbonyl (C=O) groups is 1. The summed E-state index contributed by atoms with van der Waals surface area (Å²) in [5.74, 6) is -0.226. The van der Waals surface area contributed by atoms with Gasteiger partial charge in [0.05, 0.1) is 29.0 Å². The van der Waals surface area contributed by atoms with E-state index in [1.165, 1.54) is 24.5 Å². The average molecular weight is 294 g/mol. The first-order chi connectivity index (χ1) is 9.82. The number of anilines is 1. The number of nitrogens with one attached hydrogen (secondary N) is 1. The molecule has 1 aromatic heterocycles. The van der Waals surface area contributed by atoms with Crippen molar-refractivity contribution in [3.8, 4) is 6.07 Å². The normalized spacial score (nSPS) is 11.0. The molecule has 0 bridgehead atoms. The van der Waals surface area contributed by atoms with Gasteiger partial charge in [-0.05, 0) is 31.2 Å². The highest BCUT2D eigenvalue weighted by Gasteiger charge is 2.34. The van der Waals surface area contributed by atoms with Crippen LogP contribution in [0.1, 0.15) is 27.2 Å². The molecule has 108 valence electrons. The van der Waals surface area contributed by atoms with E-state index in [0.717, 1.165) is 12.1 Å². The molecule has 0 saturated heterocycles. The fourth-order valence-corrected chi connectivity index (χ4v) is 1.77. The maximum absolute atomic E-state index is 12.8. The van der Waals surface area contributed by atoms with Gasteiger partial charge in [0.25, 0.3) is 5.91 Å². The van der Waals surface area contributed by atoms with Crippen LogP contribution in [0.15, 0.2) is 34.9 Å². The van der Waals surface area contributed by atoms with Crippen LogP contribution in [-0.2, 0) is 6.18 Å². The number of halogens is 3. The highest BCUT2D eigenvalue weighted by Crippen LogP contribution is 2.33. The van der Waals surface area contributed by atoms with Crippen LogP contribution in [-0.4, -0.2) is 5.91 Å². The average Bonchev–Trinajstić information content (AvgIpc) is 2.84. The number of furan rings is 1. The molecule has 0 atom stereocenters. The van der Waals surface area contributed by atoms with Crippen LogP contribution in [0.3, 0.4) is 0 Å². The Balaban J connectivity index is 2.32. The van der Waals surface area contributed by atoms with Gasteiger partial charge >= 0.3 is 6.18 Å². The number of hydrogen-bond acceptors (Lipinski definition) is 3. The Morgan fingerprint density at radius 2 is 2.05 bits per heavy atom. The zero-order chi connectivity index (χ0) is 15.6. The van der Waals surface area contributed by atoms with E-state index < -0.39 is 23.2 Å². The standard InChI is InChI=1S/C14H9F3N2O2/c1-8-11(4-5-21-8)13(20)19-10-3-2-9(7-18)12(6-10)14(15,16)17/h2-6H,1H3,(H,19,20). The van der Waals surface area contributed by atoms with E-state index in [9.17, 15) is 18.0 Å². The maximum atomic E-state index is 12.8. The largest absolute Gasteiger partial charge is 0.469 e. The Morgan fingerprint density at radius 3 is 2.57 bits per heavy atom. The lowest BCUT2D eigenvalue weighted by atomic mass is 10.1. The van der Waals surface area contributed by atoms with Crippen molar-refractivity contribution in [1.82, 2.24) is 0 Å². The summed E-state index contributed by atoms with van der Waals surface area (Å²) < 4.78 is 43.4. The number of aryl methyl sites for hydroxylation is 1. The van der Waals surface area contributed by atoms with E-state index in [-0.39, 0.29) is 11.3 Å². The minimum Gasteiger partial charge on any atom is -0.469 e. The van der Waals surface area contributed by atoms with Gasteiger partial charge in [-0.1, -0.05) is 0 Å². The molecule has 2 aromatic rings. The highest BCUT2D eigenvalue weighted by molar-refractivity contribution is 6.04. The van der Waals surface area contributed by atoms with Crippen molar-refractivity contribution in [3.05, 3.63) is 53.0 Å². The summed E-state index contributed by atoms with van der Waals surface area (Å²) >= 11 is 0. The lowest BCUT2D eigenvalue weighted by molar-refractivity contribution is -0.137. The van der Waals surface area contributed by atoms with Gasteiger partial charge in [0, 0.05) is 5.69 Å². The van der Waals surface area contributed by atoms with Crippen LogP contribution in [0.4, 0.5) is 18.9 Å². The van der Waals surface area contributed by atoms with Crippen molar-refractivity contribution in [2.75, 3.05) is 5.32 Å². The Kier molecular flexibility index (Phi) is 3.72.